The van der Waals surface area contributed by atoms with E-state index in [-0.39, 0.29) is 11.8 Å². The largest absolute Gasteiger partial charge is 0.352 e. The van der Waals surface area contributed by atoms with E-state index in [0.717, 1.165) is 31.4 Å². The molecule has 0 aliphatic carbocycles. The van der Waals surface area contributed by atoms with Crippen LogP contribution in [0.1, 0.15) is 41.6 Å². The van der Waals surface area contributed by atoms with Crippen LogP contribution >= 0.6 is 11.6 Å². The second-order valence-electron chi connectivity index (χ2n) is 6.80. The lowest BCUT2D eigenvalue weighted by Crippen LogP contribution is -2.40. The molecule has 0 radical (unpaired) electrons. The van der Waals surface area contributed by atoms with Crippen LogP contribution in [0.4, 0.5) is 0 Å². The van der Waals surface area contributed by atoms with E-state index < -0.39 is 0 Å². The van der Waals surface area contributed by atoms with Gasteiger partial charge in [0.25, 0.3) is 5.91 Å². The van der Waals surface area contributed by atoms with Crippen LogP contribution in [0.3, 0.4) is 0 Å². The first kappa shape index (κ1) is 19.3. The Morgan fingerprint density at radius 1 is 1.22 bits per heavy atom. The van der Waals surface area contributed by atoms with Gasteiger partial charge in [-0.25, -0.2) is 0 Å². The number of carbonyl (C=O) groups excluding carboxylic acids is 2. The molecule has 3 rings (SSSR count). The summed E-state index contributed by atoms with van der Waals surface area (Å²) in [6.45, 7) is 1.86. The van der Waals surface area contributed by atoms with Gasteiger partial charge in [-0.1, -0.05) is 29.8 Å². The number of benzene rings is 1. The predicted molar refractivity (Wildman–Crippen MR) is 103 cm³/mol. The number of hydrogen-bond donors (Lipinski definition) is 1. The molecular weight excluding hydrogens is 364 g/mol. The van der Waals surface area contributed by atoms with E-state index in [2.05, 4.69) is 15.5 Å². The van der Waals surface area contributed by atoms with Gasteiger partial charge < -0.3 is 10.2 Å². The summed E-state index contributed by atoms with van der Waals surface area (Å²) >= 11 is 6.11. The quantitative estimate of drug-likeness (QED) is 0.827. The highest BCUT2D eigenvalue weighted by Gasteiger charge is 2.25. The van der Waals surface area contributed by atoms with Crippen LogP contribution in [0.25, 0.3) is 0 Å². The Hall–Kier alpha value is -2.47. The zero-order valence-electron chi connectivity index (χ0n) is 15.1. The molecule has 1 N–H and O–H groups in total. The fraction of sp³-hybridized carbons (Fsp3) is 0.400. The Bertz CT molecular complexity index is 785. The van der Waals surface area contributed by atoms with Crippen LogP contribution in [0.15, 0.2) is 42.7 Å². The summed E-state index contributed by atoms with van der Waals surface area (Å²) in [6, 6.07) is 9.17. The molecule has 0 unspecified atom stereocenters. The number of nitrogens with one attached hydrogen (secondary N) is 1. The van der Waals surface area contributed by atoms with Gasteiger partial charge in [-0.05, 0) is 42.9 Å². The third-order valence-corrected chi connectivity index (χ3v) is 5.22. The number of rotatable bonds is 6. The molecule has 1 saturated heterocycles. The van der Waals surface area contributed by atoms with Crippen molar-refractivity contribution in [2.75, 3.05) is 13.1 Å². The molecule has 6 nitrogen and oxygen atoms in total. The van der Waals surface area contributed by atoms with E-state index in [1.54, 1.807) is 6.07 Å². The van der Waals surface area contributed by atoms with Crippen molar-refractivity contribution in [1.29, 1.82) is 0 Å². The van der Waals surface area contributed by atoms with Gasteiger partial charge in [0.1, 0.15) is 0 Å². The van der Waals surface area contributed by atoms with Crippen LogP contribution in [0.5, 0.6) is 0 Å². The van der Waals surface area contributed by atoms with Gasteiger partial charge in [0.05, 0.1) is 18.0 Å². The van der Waals surface area contributed by atoms with E-state index in [1.807, 2.05) is 29.2 Å². The first-order chi connectivity index (χ1) is 13.1. The fourth-order valence-electron chi connectivity index (χ4n) is 3.34. The van der Waals surface area contributed by atoms with Gasteiger partial charge in [-0.2, -0.15) is 10.2 Å². The molecule has 0 bridgehead atoms. The minimum absolute atomic E-state index is 0.0108. The summed E-state index contributed by atoms with van der Waals surface area (Å²) in [5.74, 6) is 0.332. The molecule has 1 aliphatic rings. The number of halogens is 1. The van der Waals surface area contributed by atoms with Crippen LogP contribution in [-0.2, 0) is 11.3 Å². The molecule has 1 fully saturated rings. The highest BCUT2D eigenvalue weighted by atomic mass is 35.5. The molecule has 1 atom stereocenters. The highest BCUT2D eigenvalue weighted by Crippen LogP contribution is 2.22. The molecule has 1 aromatic carbocycles. The van der Waals surface area contributed by atoms with Crippen molar-refractivity contribution in [1.82, 2.24) is 20.4 Å². The molecule has 0 saturated carbocycles. The van der Waals surface area contributed by atoms with Gasteiger partial charge in [-0.3, -0.25) is 9.59 Å². The van der Waals surface area contributed by atoms with E-state index in [1.165, 1.54) is 12.4 Å². The van der Waals surface area contributed by atoms with Crippen molar-refractivity contribution in [3.63, 3.8) is 0 Å². The van der Waals surface area contributed by atoms with E-state index in [0.29, 0.717) is 36.0 Å². The van der Waals surface area contributed by atoms with Gasteiger partial charge in [0, 0.05) is 31.1 Å². The lowest BCUT2D eigenvalue weighted by Gasteiger charge is -2.32. The van der Waals surface area contributed by atoms with Crippen molar-refractivity contribution in [2.45, 2.75) is 32.2 Å². The Morgan fingerprint density at radius 2 is 2.07 bits per heavy atom. The van der Waals surface area contributed by atoms with Crippen molar-refractivity contribution in [3.05, 3.63) is 58.9 Å². The number of aromatic nitrogens is 2. The van der Waals surface area contributed by atoms with Crippen LogP contribution in [0, 0.1) is 5.92 Å². The van der Waals surface area contributed by atoms with Gasteiger partial charge >= 0.3 is 0 Å². The van der Waals surface area contributed by atoms with Gasteiger partial charge in [0.15, 0.2) is 0 Å². The maximum absolute atomic E-state index is 12.5. The summed E-state index contributed by atoms with van der Waals surface area (Å²) in [4.78, 5) is 26.6. The van der Waals surface area contributed by atoms with Crippen LogP contribution in [-0.4, -0.2) is 40.0 Å². The number of likely N-dealkylation sites (tertiary alicyclic amines) is 1. The second-order valence-corrected chi connectivity index (χ2v) is 7.20. The van der Waals surface area contributed by atoms with Crippen molar-refractivity contribution < 1.29 is 9.59 Å². The third kappa shape index (κ3) is 5.50. The summed E-state index contributed by atoms with van der Waals surface area (Å²) < 4.78 is 0. The predicted octanol–water partition coefficient (Wildman–Crippen LogP) is 3.08. The topological polar surface area (TPSA) is 75.2 Å². The third-order valence-electron chi connectivity index (χ3n) is 4.85. The molecule has 142 valence electrons. The standard InChI is InChI=1S/C20H23ClN4O2/c21-18-6-2-1-5-16(18)12-22-19(26)8-7-15-4-3-11-25(14-15)20(27)17-9-10-23-24-13-17/h1-2,5-6,9-10,13,15H,3-4,7-8,11-12,14H2,(H,22,26)/t15-/m1/s1. The normalized spacial score (nSPS) is 16.8. The van der Waals surface area contributed by atoms with Crippen LogP contribution < -0.4 is 5.32 Å². The first-order valence-electron chi connectivity index (χ1n) is 9.19. The number of hydrogen-bond acceptors (Lipinski definition) is 4. The summed E-state index contributed by atoms with van der Waals surface area (Å²) in [5, 5.41) is 11.1. The highest BCUT2D eigenvalue weighted by molar-refractivity contribution is 6.31. The Morgan fingerprint density at radius 3 is 2.85 bits per heavy atom. The van der Waals surface area contributed by atoms with Gasteiger partial charge in [0.2, 0.25) is 5.91 Å². The average molecular weight is 387 g/mol. The molecule has 1 aromatic heterocycles. The lowest BCUT2D eigenvalue weighted by molar-refractivity contribution is -0.121. The molecule has 0 spiro atoms. The fourth-order valence-corrected chi connectivity index (χ4v) is 3.55. The smallest absolute Gasteiger partial charge is 0.255 e. The molecule has 7 heteroatoms. The Balaban J connectivity index is 1.44. The number of piperidine rings is 1. The van der Waals surface area contributed by atoms with E-state index >= 15 is 0 Å². The number of nitrogens with zero attached hydrogens (tertiary/aromatic N) is 3. The van der Waals surface area contributed by atoms with Crippen molar-refractivity contribution in [2.24, 2.45) is 5.92 Å². The summed E-state index contributed by atoms with van der Waals surface area (Å²) in [6.07, 6.45) is 6.24. The lowest BCUT2D eigenvalue weighted by atomic mass is 9.93. The zero-order chi connectivity index (χ0) is 19.1. The number of carbonyl (C=O) groups is 2. The second kappa shape index (κ2) is 9.46. The van der Waals surface area contributed by atoms with Crippen molar-refractivity contribution in [3.8, 4) is 0 Å². The maximum Gasteiger partial charge on any atom is 0.255 e. The molecule has 27 heavy (non-hydrogen) atoms. The molecule has 1 aliphatic heterocycles. The first-order valence-corrected chi connectivity index (χ1v) is 9.57. The minimum Gasteiger partial charge on any atom is -0.352 e. The minimum atomic E-state index is -0.0160. The van der Waals surface area contributed by atoms with Crippen LogP contribution in [0.2, 0.25) is 5.02 Å². The Labute approximate surface area is 163 Å². The monoisotopic (exact) mass is 386 g/mol. The molecule has 2 aromatic rings. The summed E-state index contributed by atoms with van der Waals surface area (Å²) in [5.41, 5.74) is 1.47. The maximum atomic E-state index is 12.5. The van der Waals surface area contributed by atoms with Crippen molar-refractivity contribution >= 4 is 23.4 Å². The average Bonchev–Trinajstić information content (AvgIpc) is 2.72. The van der Waals surface area contributed by atoms with E-state index in [4.69, 9.17) is 11.6 Å². The molecule has 2 heterocycles. The SMILES string of the molecule is O=C(CC[C@H]1CCCN(C(=O)c2ccnnc2)C1)NCc1ccccc1Cl. The molecule has 2 amide bonds. The Kier molecular flexibility index (Phi) is 6.76. The zero-order valence-corrected chi connectivity index (χ0v) is 15.9. The van der Waals surface area contributed by atoms with E-state index in [9.17, 15) is 9.59 Å². The van der Waals surface area contributed by atoms with Gasteiger partial charge in [-0.15, -0.1) is 0 Å². The number of amides is 2. The molecular formula is C20H23ClN4O2. The summed E-state index contributed by atoms with van der Waals surface area (Å²) in [7, 11) is 0.